The molecular weight excluding hydrogens is 721 g/mol. The monoisotopic (exact) mass is 791 g/mol. The van der Waals surface area contributed by atoms with E-state index in [2.05, 4.69) is 48.7 Å². The highest BCUT2D eigenvalue weighted by atomic mass is 16.5. The van der Waals surface area contributed by atoms with Gasteiger partial charge >= 0.3 is 5.97 Å². The number of carbonyl (C=O) groups is 6. The van der Waals surface area contributed by atoms with E-state index in [9.17, 15) is 33.9 Å². The Morgan fingerprint density at radius 3 is 1.86 bits per heavy atom. The number of ketones is 3. The standard InChI is InChI=1S/C47H70N2O8/c1-10-12-14-17-38(30-39(50)18-15-19-41(51)37-26-24-36(25-27-37)35-22-20-34(21-23-35)16-13-11-2)45(54)49-43(33(6)57-47(7,8)9)42(52)29-32(5)44(53)48-40(46(55)56)28-31(3)4/h20-27,31-33,38,40,43H,10-19,28-30H2,1-9H3,(H,48,53)(H,49,54)(H,55,56)/t32-,33-,38-,40+,43+/m1/s1. The van der Waals surface area contributed by atoms with Crippen molar-refractivity contribution in [2.24, 2.45) is 17.8 Å². The summed E-state index contributed by atoms with van der Waals surface area (Å²) in [6.45, 7) is 16.7. The van der Waals surface area contributed by atoms with Gasteiger partial charge in [-0.05, 0) is 82.4 Å². The number of benzene rings is 2. The first-order chi connectivity index (χ1) is 26.8. The molecule has 0 spiro atoms. The van der Waals surface area contributed by atoms with Crippen molar-refractivity contribution in [2.75, 3.05) is 0 Å². The van der Waals surface area contributed by atoms with Crippen molar-refractivity contribution in [1.82, 2.24) is 10.6 Å². The summed E-state index contributed by atoms with van der Waals surface area (Å²) >= 11 is 0. The summed E-state index contributed by atoms with van der Waals surface area (Å²) in [5.41, 5.74) is 3.38. The van der Waals surface area contributed by atoms with Gasteiger partial charge < -0.3 is 20.5 Å². The van der Waals surface area contributed by atoms with Crippen LogP contribution < -0.4 is 10.6 Å². The third-order valence-corrected chi connectivity index (χ3v) is 10.1. The number of rotatable bonds is 27. The molecular formula is C47H70N2O8. The van der Waals surface area contributed by atoms with E-state index in [1.54, 1.807) is 13.8 Å². The van der Waals surface area contributed by atoms with Gasteiger partial charge in [0.15, 0.2) is 11.6 Å². The van der Waals surface area contributed by atoms with Gasteiger partial charge in [-0.25, -0.2) is 4.79 Å². The summed E-state index contributed by atoms with van der Waals surface area (Å²) in [6, 6.07) is 13.9. The number of unbranched alkanes of at least 4 members (excludes halogenated alkanes) is 3. The number of aryl methyl sites for hydroxylation is 1. The van der Waals surface area contributed by atoms with Crippen LogP contribution in [-0.4, -0.2) is 64.0 Å². The number of aliphatic carboxylic acids is 1. The molecule has 0 unspecified atom stereocenters. The van der Waals surface area contributed by atoms with Crippen LogP contribution in [0.5, 0.6) is 0 Å². The lowest BCUT2D eigenvalue weighted by atomic mass is 9.91. The molecule has 2 aromatic rings. The quantitative estimate of drug-likeness (QED) is 0.0598. The van der Waals surface area contributed by atoms with Gasteiger partial charge in [-0.15, -0.1) is 0 Å². The van der Waals surface area contributed by atoms with Gasteiger partial charge in [0.05, 0.1) is 11.7 Å². The summed E-state index contributed by atoms with van der Waals surface area (Å²) in [6.07, 6.45) is 6.31. The zero-order valence-electron chi connectivity index (χ0n) is 36.1. The lowest BCUT2D eigenvalue weighted by molar-refractivity contribution is -0.143. The van der Waals surface area contributed by atoms with Crippen LogP contribution in [0, 0.1) is 17.8 Å². The summed E-state index contributed by atoms with van der Waals surface area (Å²) in [4.78, 5) is 78.8. The van der Waals surface area contributed by atoms with E-state index in [1.807, 2.05) is 58.9 Å². The summed E-state index contributed by atoms with van der Waals surface area (Å²) < 4.78 is 6.11. The number of carbonyl (C=O) groups excluding carboxylic acids is 5. The number of carboxylic acids is 1. The largest absolute Gasteiger partial charge is 0.480 e. The van der Waals surface area contributed by atoms with Gasteiger partial charge in [0.25, 0.3) is 0 Å². The molecule has 2 aromatic carbocycles. The van der Waals surface area contributed by atoms with Gasteiger partial charge in [-0.1, -0.05) is 109 Å². The highest BCUT2D eigenvalue weighted by Crippen LogP contribution is 2.23. The Hall–Kier alpha value is -4.18. The first-order valence-electron chi connectivity index (χ1n) is 21.1. The highest BCUT2D eigenvalue weighted by molar-refractivity contribution is 5.97. The molecule has 0 aliphatic rings. The number of amides is 2. The van der Waals surface area contributed by atoms with Crippen LogP contribution in [-0.2, 0) is 35.1 Å². The lowest BCUT2D eigenvalue weighted by Crippen LogP contribution is -2.53. The van der Waals surface area contributed by atoms with Crippen molar-refractivity contribution in [1.29, 1.82) is 0 Å². The van der Waals surface area contributed by atoms with Gasteiger partial charge in [0, 0.05) is 43.1 Å². The molecule has 10 nitrogen and oxygen atoms in total. The van der Waals surface area contributed by atoms with Crippen LogP contribution >= 0.6 is 0 Å². The van der Waals surface area contributed by atoms with Crippen LogP contribution in [0.25, 0.3) is 11.1 Å². The maximum atomic E-state index is 13.9. The Balaban J connectivity index is 2.08. The summed E-state index contributed by atoms with van der Waals surface area (Å²) in [5, 5.41) is 15.0. The highest BCUT2D eigenvalue weighted by Gasteiger charge is 2.35. The smallest absolute Gasteiger partial charge is 0.326 e. The van der Waals surface area contributed by atoms with E-state index in [0.29, 0.717) is 18.4 Å². The normalized spacial score (nSPS) is 14.3. The molecule has 0 aliphatic carbocycles. The van der Waals surface area contributed by atoms with E-state index in [1.165, 1.54) is 5.56 Å². The van der Waals surface area contributed by atoms with Crippen molar-refractivity contribution in [2.45, 2.75) is 170 Å². The van der Waals surface area contributed by atoms with Crippen LogP contribution in [0.2, 0.25) is 0 Å². The van der Waals surface area contributed by atoms with Gasteiger partial charge in [0.1, 0.15) is 17.9 Å². The second-order valence-electron chi connectivity index (χ2n) is 17.1. The average molecular weight is 791 g/mol. The fraction of sp³-hybridized carbons (Fsp3) is 0.617. The van der Waals surface area contributed by atoms with Gasteiger partial charge in [-0.2, -0.15) is 0 Å². The lowest BCUT2D eigenvalue weighted by Gasteiger charge is -2.32. The molecule has 0 radical (unpaired) electrons. The SMILES string of the molecule is CCCCC[C@H](CC(=O)CCCC(=O)c1ccc(-c2ccc(CCCC)cc2)cc1)C(=O)N[C@H](C(=O)C[C@@H](C)C(=O)N[C@@H](CC(C)C)C(=O)O)[C@@H](C)OC(C)(C)C. The van der Waals surface area contributed by atoms with Crippen LogP contribution in [0.15, 0.2) is 48.5 Å². The number of hydrogen-bond donors (Lipinski definition) is 3. The Morgan fingerprint density at radius 2 is 1.32 bits per heavy atom. The minimum Gasteiger partial charge on any atom is -0.480 e. The minimum absolute atomic E-state index is 0.0175. The van der Waals surface area contributed by atoms with Crippen molar-refractivity contribution < 1.29 is 38.6 Å². The number of ether oxygens (including phenoxy) is 1. The van der Waals surface area contributed by atoms with Gasteiger partial charge in [0.2, 0.25) is 11.8 Å². The first-order valence-corrected chi connectivity index (χ1v) is 21.1. The van der Waals surface area contributed by atoms with Crippen LogP contribution in [0.4, 0.5) is 0 Å². The van der Waals surface area contributed by atoms with Crippen molar-refractivity contribution in [3.05, 3.63) is 59.7 Å². The van der Waals surface area contributed by atoms with Crippen molar-refractivity contribution in [3.63, 3.8) is 0 Å². The Labute approximate surface area is 341 Å². The molecule has 2 amide bonds. The zero-order chi connectivity index (χ0) is 42.7. The number of nitrogens with one attached hydrogen (secondary N) is 2. The third kappa shape index (κ3) is 18.3. The Kier molecular flexibility index (Phi) is 21.1. The molecule has 10 heteroatoms. The van der Waals surface area contributed by atoms with Gasteiger partial charge in [-0.3, -0.25) is 24.0 Å². The van der Waals surface area contributed by atoms with Crippen molar-refractivity contribution >= 4 is 35.1 Å². The summed E-state index contributed by atoms with van der Waals surface area (Å²) in [7, 11) is 0. The van der Waals surface area contributed by atoms with E-state index in [-0.39, 0.29) is 49.6 Å². The van der Waals surface area contributed by atoms with E-state index in [0.717, 1.165) is 49.7 Å². The minimum atomic E-state index is -1.15. The fourth-order valence-electron chi connectivity index (χ4n) is 6.91. The second kappa shape index (κ2) is 24.6. The Morgan fingerprint density at radius 1 is 0.719 bits per heavy atom. The molecule has 0 fully saturated rings. The molecule has 0 bridgehead atoms. The van der Waals surface area contributed by atoms with E-state index < -0.39 is 59.2 Å². The molecule has 0 aromatic heterocycles. The molecule has 316 valence electrons. The van der Waals surface area contributed by atoms with Crippen LogP contribution in [0.1, 0.15) is 155 Å². The topological polar surface area (TPSA) is 156 Å². The predicted molar refractivity (Wildman–Crippen MR) is 226 cm³/mol. The maximum Gasteiger partial charge on any atom is 0.326 e. The first kappa shape index (κ1) is 49.0. The van der Waals surface area contributed by atoms with E-state index >= 15 is 0 Å². The zero-order valence-corrected chi connectivity index (χ0v) is 36.1. The summed E-state index contributed by atoms with van der Waals surface area (Å²) in [5.74, 6) is -4.25. The predicted octanol–water partition coefficient (Wildman–Crippen LogP) is 9.10. The number of carboxylic acid groups (broad SMARTS) is 1. The molecule has 0 aliphatic heterocycles. The molecule has 3 N–H and O–H groups in total. The molecule has 57 heavy (non-hydrogen) atoms. The Bertz CT molecular complexity index is 1590. The molecule has 5 atom stereocenters. The fourth-order valence-corrected chi connectivity index (χ4v) is 6.91. The van der Waals surface area contributed by atoms with E-state index in [4.69, 9.17) is 4.74 Å². The number of Topliss-reactive ketones (excluding diaryl/α,β-unsaturated/α-hetero) is 3. The van der Waals surface area contributed by atoms with Crippen LogP contribution in [0.3, 0.4) is 0 Å². The average Bonchev–Trinajstić information content (AvgIpc) is 3.14. The molecule has 0 saturated heterocycles. The van der Waals surface area contributed by atoms with Crippen molar-refractivity contribution in [3.8, 4) is 11.1 Å². The second-order valence-corrected chi connectivity index (χ2v) is 17.1. The molecule has 0 saturated carbocycles. The third-order valence-electron chi connectivity index (χ3n) is 10.1. The maximum absolute atomic E-state index is 13.9. The molecule has 0 heterocycles. The molecule has 2 rings (SSSR count). The number of hydrogen-bond acceptors (Lipinski definition) is 7.